The minimum atomic E-state index is -2.15. The van der Waals surface area contributed by atoms with E-state index in [1.165, 1.54) is 6.08 Å². The maximum absolute atomic E-state index is 17.7. The number of rotatable bonds is 18. The molecule has 1 aliphatic heterocycles. The van der Waals surface area contributed by atoms with E-state index in [0.717, 1.165) is 0 Å². The Kier molecular flexibility index (Phi) is 12.8. The smallest absolute Gasteiger partial charge is 0.329 e. The van der Waals surface area contributed by atoms with Crippen LogP contribution in [0.5, 0.6) is 0 Å². The standard InChI is InChI=1S/C38H52ClFN2O13/c1-34(2)54-30-19-26-25-12-11-23-18-24(43)13-14-35(23,3)37(25,40)28(44)21-36(26,4)38(30,55-34)29(45)22-52-32(47)20-27(33(48)51-16-9-7-15-39)41-31(46)10-6-5-8-17-53-42(49)50/h11,13-14,25-28,30,44H,5-10,12,15-22H2,1-4H3,(H,41,46)/t25-,26-,27?,28-,30+,35-,36-,37-,38+/m0/s1. The lowest BCUT2D eigenvalue weighted by atomic mass is 9.45. The SMILES string of the molecule is CC1(C)O[C@@H]2C[C@H]3[C@@H]4CC=C5CC(=O)C=C[C@]5(C)[C@@]4(F)[C@@H](O)C[C@]3(C)[C@]2(C(=O)COC(=O)CC(NC(=O)CCCCCO[N+](=O)[O-])C(=O)OCCCCCl)O1. The molecule has 17 heteroatoms. The minimum Gasteiger partial charge on any atom is -0.464 e. The molecule has 2 N–H and O–H groups in total. The number of aliphatic hydroxyl groups excluding tert-OH is 1. The van der Waals surface area contributed by atoms with Gasteiger partial charge in [0.15, 0.2) is 29.4 Å². The molecule has 5 aliphatic rings. The van der Waals surface area contributed by atoms with Crippen LogP contribution >= 0.6 is 11.6 Å². The summed E-state index contributed by atoms with van der Waals surface area (Å²) in [6.07, 6.45) is 4.19. The number of fused-ring (bicyclic) bond motifs is 7. The molecule has 0 spiro atoms. The van der Waals surface area contributed by atoms with E-state index in [-0.39, 0.29) is 51.1 Å². The number of aliphatic hydroxyl groups is 1. The predicted octanol–water partition coefficient (Wildman–Crippen LogP) is 4.18. The first-order valence-corrected chi connectivity index (χ1v) is 19.5. The average molecular weight is 799 g/mol. The van der Waals surface area contributed by atoms with Crippen molar-refractivity contribution in [2.24, 2.45) is 22.7 Å². The highest BCUT2D eigenvalue weighted by Crippen LogP contribution is 2.72. The molecular weight excluding hydrogens is 747 g/mol. The Hall–Kier alpha value is -3.47. The number of unbranched alkanes of at least 4 members (excludes halogenated alkanes) is 3. The monoisotopic (exact) mass is 798 g/mol. The highest BCUT2D eigenvalue weighted by atomic mass is 35.5. The number of amides is 1. The second-order valence-electron chi connectivity index (χ2n) is 16.2. The third kappa shape index (κ3) is 8.06. The van der Waals surface area contributed by atoms with Crippen molar-refractivity contribution >= 4 is 41.0 Å². The summed E-state index contributed by atoms with van der Waals surface area (Å²) in [6.45, 7) is 5.87. The van der Waals surface area contributed by atoms with E-state index in [1.54, 1.807) is 33.8 Å². The third-order valence-electron chi connectivity index (χ3n) is 12.4. The molecule has 1 amide bonds. The molecular formula is C38H52ClFN2O13. The van der Waals surface area contributed by atoms with Crippen molar-refractivity contribution in [2.45, 2.75) is 134 Å². The van der Waals surface area contributed by atoms with Crippen LogP contribution in [0.3, 0.4) is 0 Å². The molecule has 2 saturated carbocycles. The Bertz CT molecular complexity index is 1600. The van der Waals surface area contributed by atoms with Gasteiger partial charge in [0, 0.05) is 35.5 Å². The second-order valence-corrected chi connectivity index (χ2v) is 16.6. The van der Waals surface area contributed by atoms with Gasteiger partial charge in [0.1, 0.15) is 6.04 Å². The van der Waals surface area contributed by atoms with Gasteiger partial charge in [-0.05, 0) is 77.7 Å². The van der Waals surface area contributed by atoms with Crippen molar-refractivity contribution in [3.63, 3.8) is 0 Å². The van der Waals surface area contributed by atoms with Gasteiger partial charge in [-0.25, -0.2) is 9.18 Å². The molecule has 1 saturated heterocycles. The molecule has 0 bridgehead atoms. The fraction of sp³-hybridized carbons (Fsp3) is 0.763. The quantitative estimate of drug-likeness (QED) is 0.0499. The number of hydrogen-bond donors (Lipinski definition) is 2. The van der Waals surface area contributed by atoms with Crippen LogP contribution in [-0.2, 0) is 47.8 Å². The summed E-state index contributed by atoms with van der Waals surface area (Å²) in [5.74, 6) is -5.37. The predicted molar refractivity (Wildman–Crippen MR) is 191 cm³/mol. The molecule has 0 aromatic heterocycles. The molecule has 0 aromatic carbocycles. The van der Waals surface area contributed by atoms with E-state index in [9.17, 15) is 39.2 Å². The van der Waals surface area contributed by atoms with Crippen molar-refractivity contribution in [2.75, 3.05) is 25.7 Å². The number of carbonyl (C=O) groups is 5. The first-order chi connectivity index (χ1) is 25.8. The van der Waals surface area contributed by atoms with Gasteiger partial charge in [-0.15, -0.1) is 21.7 Å². The number of halogens is 2. The Balaban J connectivity index is 1.29. The van der Waals surface area contributed by atoms with Crippen molar-refractivity contribution in [1.82, 2.24) is 5.32 Å². The summed E-state index contributed by atoms with van der Waals surface area (Å²) in [7, 11) is 0. The summed E-state index contributed by atoms with van der Waals surface area (Å²) in [6, 6.07) is -1.44. The fourth-order valence-corrected chi connectivity index (χ4v) is 10.0. The summed E-state index contributed by atoms with van der Waals surface area (Å²) in [5, 5.41) is 23.7. The van der Waals surface area contributed by atoms with Crippen LogP contribution in [0, 0.1) is 32.8 Å². The van der Waals surface area contributed by atoms with E-state index in [2.05, 4.69) is 10.2 Å². The van der Waals surface area contributed by atoms with E-state index >= 15 is 4.39 Å². The van der Waals surface area contributed by atoms with Crippen LogP contribution in [-0.4, -0.2) is 101 Å². The highest BCUT2D eigenvalue weighted by Gasteiger charge is 2.80. The number of nitrogens with zero attached hydrogens (tertiary/aromatic N) is 1. The lowest BCUT2D eigenvalue weighted by Crippen LogP contribution is -2.69. The molecule has 4 aliphatic carbocycles. The molecule has 9 atom stereocenters. The van der Waals surface area contributed by atoms with E-state index in [1.807, 2.05) is 6.08 Å². The van der Waals surface area contributed by atoms with E-state index in [0.29, 0.717) is 43.6 Å². The fourth-order valence-electron chi connectivity index (χ4n) is 9.83. The lowest BCUT2D eigenvalue weighted by Gasteiger charge is -2.62. The van der Waals surface area contributed by atoms with Crippen molar-refractivity contribution in [1.29, 1.82) is 0 Å². The zero-order valence-corrected chi connectivity index (χ0v) is 32.5. The molecule has 0 radical (unpaired) electrons. The average Bonchev–Trinajstić information content (AvgIpc) is 3.52. The molecule has 5 rings (SSSR count). The van der Waals surface area contributed by atoms with Gasteiger partial charge >= 0.3 is 11.9 Å². The molecule has 1 unspecified atom stereocenters. The number of hydrogen-bond acceptors (Lipinski definition) is 13. The number of ether oxygens (including phenoxy) is 4. The number of carbonyl (C=O) groups excluding carboxylic acids is 5. The molecule has 15 nitrogen and oxygen atoms in total. The van der Waals surface area contributed by atoms with Crippen molar-refractivity contribution < 1.29 is 62.3 Å². The number of nitrogens with one attached hydrogen (secondary N) is 1. The van der Waals surface area contributed by atoms with Crippen LogP contribution in [0.25, 0.3) is 0 Å². The van der Waals surface area contributed by atoms with Crippen LogP contribution < -0.4 is 5.32 Å². The molecule has 306 valence electrons. The number of Topliss-reactive ketones (excluding diaryl/α,β-unsaturated/α-hetero) is 1. The topological polar surface area (TPSA) is 207 Å². The summed E-state index contributed by atoms with van der Waals surface area (Å²) < 4.78 is 41.2. The first kappa shape index (κ1) is 42.7. The van der Waals surface area contributed by atoms with Gasteiger partial charge in [0.25, 0.3) is 5.09 Å². The zero-order valence-electron chi connectivity index (χ0n) is 31.8. The molecule has 3 fully saturated rings. The van der Waals surface area contributed by atoms with Gasteiger partial charge in [-0.1, -0.05) is 31.1 Å². The van der Waals surface area contributed by atoms with Gasteiger partial charge < -0.3 is 34.2 Å². The molecule has 1 heterocycles. The van der Waals surface area contributed by atoms with E-state index < -0.39 is 99.7 Å². The molecule has 0 aromatic rings. The van der Waals surface area contributed by atoms with Crippen molar-refractivity contribution in [3.05, 3.63) is 33.9 Å². The van der Waals surface area contributed by atoms with Crippen LogP contribution in [0.2, 0.25) is 0 Å². The van der Waals surface area contributed by atoms with Crippen LogP contribution in [0.1, 0.15) is 98.3 Å². The maximum atomic E-state index is 17.7. The Morgan fingerprint density at radius 1 is 1.09 bits per heavy atom. The number of allylic oxidation sites excluding steroid dienone is 4. The summed E-state index contributed by atoms with van der Waals surface area (Å²) in [5.41, 5.74) is -5.65. The Morgan fingerprint density at radius 3 is 2.53 bits per heavy atom. The Labute approximate surface area is 324 Å². The number of ketones is 2. The Morgan fingerprint density at radius 2 is 1.82 bits per heavy atom. The summed E-state index contributed by atoms with van der Waals surface area (Å²) in [4.78, 5) is 80.3. The number of alkyl halides is 2. The van der Waals surface area contributed by atoms with Crippen molar-refractivity contribution in [3.8, 4) is 0 Å². The summed E-state index contributed by atoms with van der Waals surface area (Å²) >= 11 is 5.71. The minimum absolute atomic E-state index is 0.00361. The molecule has 55 heavy (non-hydrogen) atoms. The van der Waals surface area contributed by atoms with Crippen LogP contribution in [0.4, 0.5) is 4.39 Å². The lowest BCUT2D eigenvalue weighted by molar-refractivity contribution is -0.757. The van der Waals surface area contributed by atoms with Crippen LogP contribution in [0.15, 0.2) is 23.8 Å². The zero-order chi connectivity index (χ0) is 40.4. The maximum Gasteiger partial charge on any atom is 0.329 e. The van der Waals surface area contributed by atoms with Gasteiger partial charge in [0.2, 0.25) is 11.7 Å². The normalized spacial score (nSPS) is 34.6. The van der Waals surface area contributed by atoms with Gasteiger partial charge in [-0.2, -0.15) is 0 Å². The van der Waals surface area contributed by atoms with E-state index in [4.69, 9.17) is 30.5 Å². The highest BCUT2D eigenvalue weighted by molar-refractivity contribution is 6.17. The second kappa shape index (κ2) is 16.6. The first-order valence-electron chi connectivity index (χ1n) is 19.0. The number of esters is 2. The van der Waals surface area contributed by atoms with Gasteiger partial charge in [0.05, 0.1) is 31.8 Å². The van der Waals surface area contributed by atoms with Gasteiger partial charge in [-0.3, -0.25) is 19.2 Å². The largest absolute Gasteiger partial charge is 0.464 e. The third-order valence-corrected chi connectivity index (χ3v) is 12.7.